The molecule has 0 atom stereocenters. The molecule has 0 aromatic carbocycles. The van der Waals surface area contributed by atoms with Crippen LogP contribution in [-0.2, 0) is 4.79 Å². The largest absolute Gasteiger partial charge is 0.354 e. The highest BCUT2D eigenvalue weighted by atomic mass is 16.6. The topological polar surface area (TPSA) is 131 Å². The van der Waals surface area contributed by atoms with E-state index in [1.165, 1.54) is 13.3 Å². The van der Waals surface area contributed by atoms with Crippen LogP contribution in [0.15, 0.2) is 6.33 Å². The fourth-order valence-corrected chi connectivity index (χ4v) is 2.32. The number of amides is 1. The van der Waals surface area contributed by atoms with Crippen LogP contribution in [0.25, 0.3) is 0 Å². The van der Waals surface area contributed by atoms with Crippen LogP contribution in [0.1, 0.15) is 13.3 Å². The molecule has 21 heavy (non-hydrogen) atoms. The van der Waals surface area contributed by atoms with Crippen molar-refractivity contribution < 1.29 is 9.72 Å². The third kappa shape index (κ3) is 3.16. The van der Waals surface area contributed by atoms with Crippen LogP contribution < -0.4 is 16.2 Å². The minimum atomic E-state index is -0.557. The molecule has 114 valence electrons. The van der Waals surface area contributed by atoms with Crippen molar-refractivity contribution in [2.45, 2.75) is 13.3 Å². The Morgan fingerprint density at radius 2 is 2.14 bits per heavy atom. The Balaban J connectivity index is 2.29. The first-order chi connectivity index (χ1) is 10.0. The summed E-state index contributed by atoms with van der Waals surface area (Å²) in [6, 6.07) is 0. The van der Waals surface area contributed by atoms with Crippen LogP contribution in [0.4, 0.5) is 17.3 Å². The summed E-state index contributed by atoms with van der Waals surface area (Å²) in [6.07, 6.45) is 1.94. The van der Waals surface area contributed by atoms with E-state index in [9.17, 15) is 14.9 Å². The molecule has 0 bridgehead atoms. The summed E-state index contributed by atoms with van der Waals surface area (Å²) in [5.74, 6) is 5.45. The molecule has 3 N–H and O–H groups in total. The van der Waals surface area contributed by atoms with Crippen LogP contribution in [0.2, 0.25) is 0 Å². The van der Waals surface area contributed by atoms with Gasteiger partial charge in [0.2, 0.25) is 17.5 Å². The summed E-state index contributed by atoms with van der Waals surface area (Å²) in [5, 5.41) is 11.2. The summed E-state index contributed by atoms with van der Waals surface area (Å²) in [4.78, 5) is 33.4. The van der Waals surface area contributed by atoms with Gasteiger partial charge < -0.3 is 15.2 Å². The van der Waals surface area contributed by atoms with E-state index in [4.69, 9.17) is 5.84 Å². The number of carbonyl (C=O) groups is 1. The van der Waals surface area contributed by atoms with Crippen molar-refractivity contribution in [2.75, 3.05) is 36.5 Å². The number of nitro groups is 1. The fourth-order valence-electron chi connectivity index (χ4n) is 2.32. The number of aromatic nitrogens is 2. The Hall–Kier alpha value is -2.49. The van der Waals surface area contributed by atoms with Gasteiger partial charge in [-0.2, -0.15) is 0 Å². The molecule has 10 nitrogen and oxygen atoms in total. The van der Waals surface area contributed by atoms with Gasteiger partial charge in [0.25, 0.3) is 0 Å². The van der Waals surface area contributed by atoms with Gasteiger partial charge in [-0.25, -0.2) is 15.8 Å². The summed E-state index contributed by atoms with van der Waals surface area (Å²) < 4.78 is 0. The van der Waals surface area contributed by atoms with Gasteiger partial charge in [0.05, 0.1) is 4.92 Å². The summed E-state index contributed by atoms with van der Waals surface area (Å²) >= 11 is 0. The molecule has 2 rings (SSSR count). The first-order valence-electron chi connectivity index (χ1n) is 6.51. The number of nitrogens with one attached hydrogen (secondary N) is 1. The number of carbonyl (C=O) groups excluding carboxylic acids is 1. The van der Waals surface area contributed by atoms with Crippen LogP contribution in [-0.4, -0.2) is 51.9 Å². The van der Waals surface area contributed by atoms with E-state index in [-0.39, 0.29) is 23.2 Å². The van der Waals surface area contributed by atoms with E-state index in [1.54, 1.807) is 9.80 Å². The number of anilines is 2. The van der Waals surface area contributed by atoms with Crippen molar-refractivity contribution in [2.24, 2.45) is 5.84 Å². The lowest BCUT2D eigenvalue weighted by Gasteiger charge is -2.22. The smallest absolute Gasteiger partial charge is 0.349 e. The molecule has 0 saturated carbocycles. The summed E-state index contributed by atoms with van der Waals surface area (Å²) in [7, 11) is 0. The summed E-state index contributed by atoms with van der Waals surface area (Å²) in [5.41, 5.74) is 1.96. The van der Waals surface area contributed by atoms with Gasteiger partial charge in [0.15, 0.2) is 0 Å². The van der Waals surface area contributed by atoms with Crippen LogP contribution >= 0.6 is 0 Å². The molecule has 2 heterocycles. The molecule has 0 aliphatic carbocycles. The van der Waals surface area contributed by atoms with E-state index >= 15 is 0 Å². The lowest BCUT2D eigenvalue weighted by Crippen LogP contribution is -2.34. The van der Waals surface area contributed by atoms with Crippen molar-refractivity contribution in [3.05, 3.63) is 16.4 Å². The number of hydrogen-bond donors (Lipinski definition) is 2. The first-order valence-corrected chi connectivity index (χ1v) is 6.51. The molecule has 1 fully saturated rings. The molecule has 1 amide bonds. The van der Waals surface area contributed by atoms with E-state index < -0.39 is 4.92 Å². The molecule has 1 aromatic heterocycles. The molecule has 1 saturated heterocycles. The zero-order chi connectivity index (χ0) is 15.4. The van der Waals surface area contributed by atoms with Gasteiger partial charge in [0.1, 0.15) is 6.33 Å². The van der Waals surface area contributed by atoms with Crippen LogP contribution in [0.5, 0.6) is 0 Å². The maximum absolute atomic E-state index is 11.4. The molecule has 0 unspecified atom stereocenters. The Morgan fingerprint density at radius 1 is 1.38 bits per heavy atom. The lowest BCUT2D eigenvalue weighted by atomic mass is 10.3. The third-order valence-electron chi connectivity index (χ3n) is 3.36. The average molecular weight is 295 g/mol. The van der Waals surface area contributed by atoms with E-state index in [2.05, 4.69) is 15.4 Å². The van der Waals surface area contributed by atoms with Gasteiger partial charge in [-0.05, 0) is 6.42 Å². The monoisotopic (exact) mass is 295 g/mol. The van der Waals surface area contributed by atoms with Gasteiger partial charge in [-0.3, -0.25) is 14.9 Å². The van der Waals surface area contributed by atoms with Crippen molar-refractivity contribution in [1.82, 2.24) is 14.9 Å². The average Bonchev–Trinajstić information content (AvgIpc) is 2.72. The lowest BCUT2D eigenvalue weighted by molar-refractivity contribution is -0.383. The first kappa shape index (κ1) is 14.9. The Labute approximate surface area is 121 Å². The van der Waals surface area contributed by atoms with Gasteiger partial charge in [0, 0.05) is 33.1 Å². The van der Waals surface area contributed by atoms with Gasteiger partial charge >= 0.3 is 5.69 Å². The molecule has 0 spiro atoms. The second-order valence-corrected chi connectivity index (χ2v) is 4.64. The standard InChI is InChI=1S/C11H17N7O3/c1-8(19)16-3-2-4-17(6-5-16)11-9(18(20)21)10(15-12)13-7-14-11/h7H,2-6,12H2,1H3,(H,13,14,15). The van der Waals surface area contributed by atoms with Crippen LogP contribution in [0, 0.1) is 10.1 Å². The Bertz CT molecular complexity index is 551. The van der Waals surface area contributed by atoms with E-state index in [0.717, 1.165) is 0 Å². The Kier molecular flexibility index (Phi) is 4.48. The number of hydrazine groups is 1. The Morgan fingerprint density at radius 3 is 2.76 bits per heavy atom. The van der Waals surface area contributed by atoms with Gasteiger partial charge in [-0.1, -0.05) is 0 Å². The molecular weight excluding hydrogens is 278 g/mol. The zero-order valence-corrected chi connectivity index (χ0v) is 11.7. The number of nitrogens with two attached hydrogens (primary N) is 1. The number of hydrogen-bond acceptors (Lipinski definition) is 8. The number of rotatable bonds is 3. The van der Waals surface area contributed by atoms with E-state index in [1.807, 2.05) is 0 Å². The van der Waals surface area contributed by atoms with Crippen molar-refractivity contribution in [3.63, 3.8) is 0 Å². The highest BCUT2D eigenvalue weighted by Crippen LogP contribution is 2.31. The van der Waals surface area contributed by atoms with Crippen molar-refractivity contribution in [1.29, 1.82) is 0 Å². The maximum atomic E-state index is 11.4. The molecule has 1 aliphatic rings. The van der Waals surface area contributed by atoms with Crippen LogP contribution in [0.3, 0.4) is 0 Å². The minimum absolute atomic E-state index is 0.00153. The molecule has 1 aromatic rings. The van der Waals surface area contributed by atoms with Gasteiger partial charge in [-0.15, -0.1) is 0 Å². The van der Waals surface area contributed by atoms with Crippen molar-refractivity contribution in [3.8, 4) is 0 Å². The predicted molar refractivity (Wildman–Crippen MR) is 75.6 cm³/mol. The number of nitrogens with zero attached hydrogens (tertiary/aromatic N) is 5. The summed E-state index contributed by atoms with van der Waals surface area (Å²) in [6.45, 7) is 3.70. The van der Waals surface area contributed by atoms with E-state index in [0.29, 0.717) is 32.6 Å². The minimum Gasteiger partial charge on any atom is -0.349 e. The highest BCUT2D eigenvalue weighted by molar-refractivity contribution is 5.73. The fraction of sp³-hybridized carbons (Fsp3) is 0.545. The second kappa shape index (κ2) is 6.31. The molecule has 1 aliphatic heterocycles. The maximum Gasteiger partial charge on any atom is 0.354 e. The second-order valence-electron chi connectivity index (χ2n) is 4.64. The molecule has 0 radical (unpaired) electrons. The quantitative estimate of drug-likeness (QED) is 0.442. The molecular formula is C11H17N7O3. The SMILES string of the molecule is CC(=O)N1CCCN(c2ncnc(NN)c2[N+](=O)[O-])CC1. The highest BCUT2D eigenvalue weighted by Gasteiger charge is 2.28. The normalized spacial score (nSPS) is 15.5. The zero-order valence-electron chi connectivity index (χ0n) is 11.7. The third-order valence-corrected chi connectivity index (χ3v) is 3.36. The molecule has 10 heteroatoms. The van der Waals surface area contributed by atoms with Crippen molar-refractivity contribution >= 4 is 23.2 Å². The number of nitrogen functional groups attached to an aromatic ring is 1. The predicted octanol–water partition coefficient (Wildman–Crippen LogP) is -0.271.